The molecule has 4 nitrogen and oxygen atoms in total. The van der Waals surface area contributed by atoms with Gasteiger partial charge in [0.1, 0.15) is 4.83 Å². The normalized spacial score (nSPS) is 11.4. The number of aryl methyl sites for hydroxylation is 3. The Bertz CT molecular complexity index is 957. The predicted molar refractivity (Wildman–Crippen MR) is 89.8 cm³/mol. The fourth-order valence-corrected chi connectivity index (χ4v) is 4.87. The summed E-state index contributed by atoms with van der Waals surface area (Å²) in [4.78, 5) is 27.8. The maximum absolute atomic E-state index is 12.6. The van der Waals surface area contributed by atoms with Gasteiger partial charge in [-0.05, 0) is 43.3 Å². The number of hydrogen-bond acceptors (Lipinski definition) is 4. The molecule has 0 saturated carbocycles. The molecule has 0 aromatic carbocycles. The van der Waals surface area contributed by atoms with Crippen LogP contribution in [-0.2, 0) is 13.6 Å². The van der Waals surface area contributed by atoms with Crippen molar-refractivity contribution in [1.82, 2.24) is 9.13 Å². The molecule has 110 valence electrons. The molecule has 0 N–H and O–H groups in total. The fraction of sp³-hybridized carbons (Fsp3) is 0.333. The van der Waals surface area contributed by atoms with Crippen LogP contribution in [0.15, 0.2) is 21.0 Å². The summed E-state index contributed by atoms with van der Waals surface area (Å²) in [6.45, 7) is 6.24. The minimum absolute atomic E-state index is 0.177. The number of aromatic nitrogens is 2. The minimum Gasteiger partial charge on any atom is -0.287 e. The van der Waals surface area contributed by atoms with E-state index in [-0.39, 0.29) is 11.2 Å². The quantitative estimate of drug-likeness (QED) is 0.728. The van der Waals surface area contributed by atoms with Crippen LogP contribution in [0.5, 0.6) is 0 Å². The van der Waals surface area contributed by atoms with Crippen LogP contribution in [0.2, 0.25) is 0 Å². The molecule has 0 spiro atoms. The Morgan fingerprint density at radius 3 is 2.52 bits per heavy atom. The molecule has 0 fully saturated rings. The Morgan fingerprint density at radius 1 is 1.24 bits per heavy atom. The van der Waals surface area contributed by atoms with Crippen LogP contribution in [0, 0.1) is 13.8 Å². The van der Waals surface area contributed by atoms with Crippen LogP contribution in [0.1, 0.15) is 18.1 Å². The summed E-state index contributed by atoms with van der Waals surface area (Å²) >= 11 is 3.20. The van der Waals surface area contributed by atoms with Crippen molar-refractivity contribution in [2.75, 3.05) is 0 Å². The van der Waals surface area contributed by atoms with E-state index in [0.29, 0.717) is 11.9 Å². The second-order valence-electron chi connectivity index (χ2n) is 5.12. The summed E-state index contributed by atoms with van der Waals surface area (Å²) in [5, 5.41) is 2.77. The Morgan fingerprint density at radius 2 is 1.95 bits per heavy atom. The van der Waals surface area contributed by atoms with Gasteiger partial charge in [-0.2, -0.15) is 0 Å². The van der Waals surface area contributed by atoms with Crippen molar-refractivity contribution < 1.29 is 0 Å². The van der Waals surface area contributed by atoms with Crippen molar-refractivity contribution in [3.63, 3.8) is 0 Å². The Kier molecular flexibility index (Phi) is 3.37. The van der Waals surface area contributed by atoms with Crippen LogP contribution in [0.3, 0.4) is 0 Å². The van der Waals surface area contributed by atoms with Crippen molar-refractivity contribution >= 4 is 32.9 Å². The number of thiophene rings is 2. The van der Waals surface area contributed by atoms with Gasteiger partial charge in [-0.1, -0.05) is 0 Å². The van der Waals surface area contributed by atoms with Crippen LogP contribution < -0.4 is 11.2 Å². The summed E-state index contributed by atoms with van der Waals surface area (Å²) in [6, 6.07) is 2.12. The number of fused-ring (bicyclic) bond motifs is 1. The lowest BCUT2D eigenvalue weighted by atomic mass is 10.2. The molecule has 0 radical (unpaired) electrons. The average molecular weight is 320 g/mol. The number of nitrogens with zero attached hydrogens (tertiary/aromatic N) is 2. The van der Waals surface area contributed by atoms with Gasteiger partial charge in [-0.3, -0.25) is 13.9 Å². The van der Waals surface area contributed by atoms with Gasteiger partial charge >= 0.3 is 5.69 Å². The molecule has 0 aliphatic heterocycles. The molecular weight excluding hydrogens is 304 g/mol. The lowest BCUT2D eigenvalue weighted by Crippen LogP contribution is -2.38. The van der Waals surface area contributed by atoms with E-state index in [1.807, 2.05) is 13.8 Å². The predicted octanol–water partition coefficient (Wildman–Crippen LogP) is 3.13. The highest BCUT2D eigenvalue weighted by Gasteiger charge is 2.19. The van der Waals surface area contributed by atoms with E-state index in [0.717, 1.165) is 20.1 Å². The molecule has 0 bridgehead atoms. The zero-order valence-electron chi connectivity index (χ0n) is 12.4. The second kappa shape index (κ2) is 4.96. The molecule has 0 atom stereocenters. The van der Waals surface area contributed by atoms with Crippen LogP contribution in [0.25, 0.3) is 20.0 Å². The van der Waals surface area contributed by atoms with E-state index in [9.17, 15) is 9.59 Å². The highest BCUT2D eigenvalue weighted by Crippen LogP contribution is 2.38. The number of rotatable bonds is 2. The highest BCUT2D eigenvalue weighted by atomic mass is 32.1. The molecule has 3 heterocycles. The van der Waals surface area contributed by atoms with Crippen molar-refractivity contribution in [3.8, 4) is 9.75 Å². The molecular formula is C15H16N2O2S2. The van der Waals surface area contributed by atoms with Gasteiger partial charge in [-0.15, -0.1) is 22.7 Å². The van der Waals surface area contributed by atoms with Crippen LogP contribution in [-0.4, -0.2) is 9.13 Å². The van der Waals surface area contributed by atoms with Crippen LogP contribution in [0.4, 0.5) is 0 Å². The van der Waals surface area contributed by atoms with Crippen LogP contribution >= 0.6 is 22.7 Å². The summed E-state index contributed by atoms with van der Waals surface area (Å²) in [6.07, 6.45) is 0. The molecule has 6 heteroatoms. The molecule has 3 rings (SSSR count). The molecule has 3 aromatic heterocycles. The third kappa shape index (κ3) is 2.01. The van der Waals surface area contributed by atoms with Crippen molar-refractivity contribution in [2.45, 2.75) is 27.3 Å². The zero-order valence-corrected chi connectivity index (χ0v) is 14.0. The monoisotopic (exact) mass is 320 g/mol. The Hall–Kier alpha value is -1.66. The first-order valence-electron chi connectivity index (χ1n) is 6.74. The van der Waals surface area contributed by atoms with Gasteiger partial charge in [0.05, 0.1) is 10.3 Å². The summed E-state index contributed by atoms with van der Waals surface area (Å²) in [7, 11) is 1.73. The molecule has 0 aliphatic rings. The molecule has 0 amide bonds. The van der Waals surface area contributed by atoms with Crippen molar-refractivity contribution in [1.29, 1.82) is 0 Å². The molecule has 3 aromatic rings. The van der Waals surface area contributed by atoms with E-state index in [4.69, 9.17) is 0 Å². The summed E-state index contributed by atoms with van der Waals surface area (Å²) in [5.74, 6) is 0. The average Bonchev–Trinajstić information content (AvgIpc) is 3.01. The van der Waals surface area contributed by atoms with Gasteiger partial charge in [0.25, 0.3) is 5.56 Å². The lowest BCUT2D eigenvalue weighted by molar-refractivity contribution is 0.642. The third-order valence-electron chi connectivity index (χ3n) is 3.68. The van der Waals surface area contributed by atoms with Gasteiger partial charge in [-0.25, -0.2) is 4.79 Å². The van der Waals surface area contributed by atoms with Crippen molar-refractivity contribution in [2.24, 2.45) is 7.05 Å². The van der Waals surface area contributed by atoms with Gasteiger partial charge < -0.3 is 0 Å². The van der Waals surface area contributed by atoms with E-state index in [1.165, 1.54) is 21.5 Å². The molecule has 0 saturated heterocycles. The van der Waals surface area contributed by atoms with Gasteiger partial charge in [0.2, 0.25) is 0 Å². The maximum Gasteiger partial charge on any atom is 0.331 e. The maximum atomic E-state index is 12.6. The molecule has 0 aliphatic carbocycles. The van der Waals surface area contributed by atoms with Crippen molar-refractivity contribution in [3.05, 3.63) is 43.4 Å². The first-order chi connectivity index (χ1) is 9.95. The highest BCUT2D eigenvalue weighted by molar-refractivity contribution is 7.25. The smallest absolute Gasteiger partial charge is 0.287 e. The summed E-state index contributed by atoms with van der Waals surface area (Å²) < 4.78 is 2.88. The minimum atomic E-state index is -0.245. The second-order valence-corrected chi connectivity index (χ2v) is 7.03. The lowest BCUT2D eigenvalue weighted by Gasteiger charge is -2.05. The standard InChI is InChI=1S/C15H16N2O2S2/c1-5-17-13(18)11-9(3)12(10-6-8(2)7-20-10)21-14(11)16(4)15(17)19/h6-7H,5H2,1-4H3. The Labute approximate surface area is 129 Å². The topological polar surface area (TPSA) is 44.0 Å². The Balaban J connectivity index is 2.46. The first-order valence-corrected chi connectivity index (χ1v) is 8.43. The zero-order chi connectivity index (χ0) is 15.3. The third-order valence-corrected chi connectivity index (χ3v) is 6.28. The fourth-order valence-electron chi connectivity index (χ4n) is 2.54. The van der Waals surface area contributed by atoms with E-state index >= 15 is 0 Å². The van der Waals surface area contributed by atoms with E-state index < -0.39 is 0 Å². The summed E-state index contributed by atoms with van der Waals surface area (Å²) in [5.41, 5.74) is 1.76. The first kappa shape index (κ1) is 14.3. The van der Waals surface area contributed by atoms with E-state index in [2.05, 4.69) is 18.4 Å². The molecule has 21 heavy (non-hydrogen) atoms. The van der Waals surface area contributed by atoms with Gasteiger partial charge in [0.15, 0.2) is 0 Å². The number of hydrogen-bond donors (Lipinski definition) is 0. The largest absolute Gasteiger partial charge is 0.331 e. The van der Waals surface area contributed by atoms with E-state index in [1.54, 1.807) is 23.0 Å². The molecule has 0 unspecified atom stereocenters. The SMILES string of the molecule is CCn1c(=O)c2c(C)c(-c3cc(C)cs3)sc2n(C)c1=O. The van der Waals surface area contributed by atoms with Gasteiger partial charge in [0, 0.05) is 18.5 Å².